The highest BCUT2D eigenvalue weighted by molar-refractivity contribution is 7.12. The minimum atomic E-state index is 0.158. The van der Waals surface area contributed by atoms with E-state index in [1.165, 1.54) is 41.3 Å². The summed E-state index contributed by atoms with van der Waals surface area (Å²) in [4.78, 5) is 6.22. The Kier molecular flexibility index (Phi) is 4.91. The van der Waals surface area contributed by atoms with Gasteiger partial charge in [-0.1, -0.05) is 40.5 Å². The summed E-state index contributed by atoms with van der Waals surface area (Å²) in [7, 11) is 0. The number of hydrogen-bond acceptors (Lipinski definition) is 3. The van der Waals surface area contributed by atoms with Gasteiger partial charge in [-0.15, -0.1) is 11.3 Å². The van der Waals surface area contributed by atoms with Gasteiger partial charge >= 0.3 is 0 Å². The van der Waals surface area contributed by atoms with Crippen LogP contribution in [0, 0.1) is 12.8 Å². The standard InChI is InChI=1S/C17H30N2S/c1-11-9-7-8-10-14(11)18-12(2)15-13(3)19-16(20-15)17(4,5)6/h11-12,14,18H,7-10H2,1-6H3. The molecule has 1 aliphatic rings. The first kappa shape index (κ1) is 16.0. The van der Waals surface area contributed by atoms with E-state index >= 15 is 0 Å². The summed E-state index contributed by atoms with van der Waals surface area (Å²) in [6, 6.07) is 1.10. The fraction of sp³-hybridized carbons (Fsp3) is 0.824. The van der Waals surface area contributed by atoms with Gasteiger partial charge in [0.15, 0.2) is 0 Å². The lowest BCUT2D eigenvalue weighted by Gasteiger charge is -2.32. The molecule has 1 N–H and O–H groups in total. The van der Waals surface area contributed by atoms with Gasteiger partial charge in [0.25, 0.3) is 0 Å². The molecule has 0 bridgehead atoms. The number of aryl methyl sites for hydroxylation is 1. The summed E-state index contributed by atoms with van der Waals surface area (Å²) in [5, 5.41) is 5.12. The van der Waals surface area contributed by atoms with Gasteiger partial charge in [-0.3, -0.25) is 0 Å². The molecule has 0 spiro atoms. The second-order valence-corrected chi connectivity index (χ2v) is 8.51. The van der Waals surface area contributed by atoms with E-state index < -0.39 is 0 Å². The van der Waals surface area contributed by atoms with E-state index in [1.807, 2.05) is 11.3 Å². The summed E-state index contributed by atoms with van der Waals surface area (Å²) in [5.41, 5.74) is 1.37. The van der Waals surface area contributed by atoms with Crippen LogP contribution in [-0.4, -0.2) is 11.0 Å². The van der Waals surface area contributed by atoms with Gasteiger partial charge in [-0.05, 0) is 32.6 Å². The Morgan fingerprint density at radius 2 is 1.90 bits per heavy atom. The Bertz CT molecular complexity index is 444. The van der Waals surface area contributed by atoms with Crippen molar-refractivity contribution in [1.29, 1.82) is 0 Å². The van der Waals surface area contributed by atoms with E-state index in [9.17, 15) is 0 Å². The summed E-state index contributed by atoms with van der Waals surface area (Å²) in [5.74, 6) is 0.807. The molecule has 0 aromatic carbocycles. The fourth-order valence-corrected chi connectivity index (χ4v) is 4.23. The zero-order chi connectivity index (χ0) is 14.9. The van der Waals surface area contributed by atoms with Crippen LogP contribution in [0.1, 0.15) is 81.9 Å². The van der Waals surface area contributed by atoms with Crippen molar-refractivity contribution in [2.75, 3.05) is 0 Å². The van der Waals surface area contributed by atoms with E-state index in [4.69, 9.17) is 4.98 Å². The number of hydrogen-bond donors (Lipinski definition) is 1. The third-order valence-corrected chi connectivity index (χ3v) is 6.21. The molecule has 1 aromatic heterocycles. The summed E-state index contributed by atoms with van der Waals surface area (Å²) < 4.78 is 0. The van der Waals surface area contributed by atoms with Crippen molar-refractivity contribution < 1.29 is 0 Å². The molecule has 0 radical (unpaired) electrons. The topological polar surface area (TPSA) is 24.9 Å². The minimum Gasteiger partial charge on any atom is -0.306 e. The number of rotatable bonds is 3. The van der Waals surface area contributed by atoms with E-state index in [0.717, 1.165) is 5.92 Å². The quantitative estimate of drug-likeness (QED) is 0.850. The molecule has 2 rings (SSSR count). The maximum Gasteiger partial charge on any atom is 0.0985 e. The average Bonchev–Trinajstić information content (AvgIpc) is 2.74. The SMILES string of the molecule is Cc1nc(C(C)(C)C)sc1C(C)NC1CCCCC1C. The predicted octanol–water partition coefficient (Wildman–Crippen LogP) is 4.98. The molecule has 20 heavy (non-hydrogen) atoms. The van der Waals surface area contributed by atoms with Crippen LogP contribution in [0.15, 0.2) is 0 Å². The van der Waals surface area contributed by atoms with E-state index in [1.54, 1.807) is 0 Å². The van der Waals surface area contributed by atoms with Crippen molar-refractivity contribution in [2.45, 2.75) is 84.7 Å². The molecule has 0 amide bonds. The Morgan fingerprint density at radius 3 is 2.45 bits per heavy atom. The molecule has 2 nitrogen and oxygen atoms in total. The summed E-state index contributed by atoms with van der Waals surface area (Å²) in [6.07, 6.45) is 5.49. The second-order valence-electron chi connectivity index (χ2n) is 7.48. The van der Waals surface area contributed by atoms with Crippen LogP contribution in [0.4, 0.5) is 0 Å². The zero-order valence-electron chi connectivity index (χ0n) is 13.9. The van der Waals surface area contributed by atoms with Crippen LogP contribution >= 0.6 is 11.3 Å². The molecule has 0 saturated heterocycles. The molecule has 1 heterocycles. The predicted molar refractivity (Wildman–Crippen MR) is 88.5 cm³/mol. The number of nitrogens with zero attached hydrogens (tertiary/aromatic N) is 1. The van der Waals surface area contributed by atoms with Gasteiger partial charge in [0, 0.05) is 22.4 Å². The highest BCUT2D eigenvalue weighted by Gasteiger charge is 2.26. The van der Waals surface area contributed by atoms with Gasteiger partial charge in [-0.2, -0.15) is 0 Å². The van der Waals surface area contributed by atoms with Crippen LogP contribution in [0.25, 0.3) is 0 Å². The Labute approximate surface area is 128 Å². The molecule has 1 saturated carbocycles. The highest BCUT2D eigenvalue weighted by Crippen LogP contribution is 2.34. The molecular weight excluding hydrogens is 264 g/mol. The first-order valence-corrected chi connectivity index (χ1v) is 8.84. The van der Waals surface area contributed by atoms with Gasteiger partial charge in [0.1, 0.15) is 0 Å². The van der Waals surface area contributed by atoms with Gasteiger partial charge < -0.3 is 5.32 Å². The fourth-order valence-electron chi connectivity index (χ4n) is 3.09. The molecule has 1 aliphatic carbocycles. The van der Waals surface area contributed by atoms with E-state index in [-0.39, 0.29) is 5.41 Å². The molecule has 0 aliphatic heterocycles. The molecule has 3 unspecified atom stereocenters. The van der Waals surface area contributed by atoms with Crippen molar-refractivity contribution in [3.63, 3.8) is 0 Å². The third kappa shape index (κ3) is 3.62. The first-order valence-electron chi connectivity index (χ1n) is 8.03. The Morgan fingerprint density at radius 1 is 1.25 bits per heavy atom. The molecule has 1 aromatic rings. The highest BCUT2D eigenvalue weighted by atomic mass is 32.1. The van der Waals surface area contributed by atoms with Crippen LogP contribution in [0.3, 0.4) is 0 Å². The lowest BCUT2D eigenvalue weighted by atomic mass is 9.85. The van der Waals surface area contributed by atoms with E-state index in [0.29, 0.717) is 12.1 Å². The molecule has 1 fully saturated rings. The average molecular weight is 295 g/mol. The van der Waals surface area contributed by atoms with Crippen molar-refractivity contribution in [3.8, 4) is 0 Å². The largest absolute Gasteiger partial charge is 0.306 e. The molecule has 114 valence electrons. The van der Waals surface area contributed by atoms with Crippen LogP contribution in [0.2, 0.25) is 0 Å². The summed E-state index contributed by atoms with van der Waals surface area (Å²) in [6.45, 7) is 13.6. The molecular formula is C17H30N2S. The third-order valence-electron chi connectivity index (χ3n) is 4.44. The van der Waals surface area contributed by atoms with E-state index in [2.05, 4.69) is 46.9 Å². The van der Waals surface area contributed by atoms with Crippen LogP contribution in [0.5, 0.6) is 0 Å². The molecule has 3 atom stereocenters. The van der Waals surface area contributed by atoms with Gasteiger partial charge in [0.2, 0.25) is 0 Å². The van der Waals surface area contributed by atoms with Crippen molar-refractivity contribution in [2.24, 2.45) is 5.92 Å². The van der Waals surface area contributed by atoms with Gasteiger partial charge in [0.05, 0.1) is 10.7 Å². The Balaban J connectivity index is 2.09. The van der Waals surface area contributed by atoms with Crippen LogP contribution < -0.4 is 5.32 Å². The number of thiazole rings is 1. The number of aromatic nitrogens is 1. The minimum absolute atomic E-state index is 0.158. The van der Waals surface area contributed by atoms with Crippen molar-refractivity contribution in [3.05, 3.63) is 15.6 Å². The lowest BCUT2D eigenvalue weighted by Crippen LogP contribution is -2.38. The maximum absolute atomic E-state index is 4.79. The normalized spacial score (nSPS) is 25.7. The summed E-state index contributed by atoms with van der Waals surface area (Å²) >= 11 is 1.89. The molecule has 3 heteroatoms. The smallest absolute Gasteiger partial charge is 0.0985 e. The van der Waals surface area contributed by atoms with Crippen LogP contribution in [-0.2, 0) is 5.41 Å². The lowest BCUT2D eigenvalue weighted by molar-refractivity contribution is 0.264. The maximum atomic E-state index is 4.79. The second kappa shape index (κ2) is 6.15. The zero-order valence-corrected chi connectivity index (χ0v) is 14.7. The van der Waals surface area contributed by atoms with Gasteiger partial charge in [-0.25, -0.2) is 4.98 Å². The number of nitrogens with one attached hydrogen (secondary N) is 1. The first-order chi connectivity index (χ1) is 9.29. The van der Waals surface area contributed by atoms with Crippen molar-refractivity contribution >= 4 is 11.3 Å². The Hall–Kier alpha value is -0.410. The monoisotopic (exact) mass is 294 g/mol. The van der Waals surface area contributed by atoms with Crippen molar-refractivity contribution in [1.82, 2.24) is 10.3 Å².